The first-order valence-electron chi connectivity index (χ1n) is 16.8. The number of hydrogen-bond donors (Lipinski definition) is 5. The molecule has 53 heavy (non-hydrogen) atoms. The number of carboxylic acids is 4. The lowest BCUT2D eigenvalue weighted by Crippen LogP contribution is -2.49. The maximum Gasteiger partial charge on any atom is 0.328 e. The molecule has 5 rings (SSSR count). The Morgan fingerprint density at radius 1 is 0.642 bits per heavy atom. The van der Waals surface area contributed by atoms with Gasteiger partial charge in [0, 0.05) is 74.9 Å². The molecule has 282 valence electrons. The van der Waals surface area contributed by atoms with Gasteiger partial charge in [-0.3, -0.25) is 4.90 Å². The Morgan fingerprint density at radius 3 is 1.53 bits per heavy atom. The standard InChI is InChI=1S/C31H37N3O3.2C4H4O4/c1-36-28-13-15-29(16-14-28)37-24-27(35)23-33-21-19-32(20-22-33)17-6-18-34-30-9-4-2-7-25(30)11-12-26-8-3-5-10-31(26)34;2*5-3(6)1-2-4(7)8/h2-5,7-16,27,35H,6,17-24H2,1H3;2*1-2H,(H,5,6)(H,7,8)/b;2*2-1+. The van der Waals surface area contributed by atoms with Gasteiger partial charge in [-0.1, -0.05) is 48.6 Å². The van der Waals surface area contributed by atoms with E-state index in [1.165, 1.54) is 22.5 Å². The number of piperazine rings is 1. The van der Waals surface area contributed by atoms with Crippen molar-refractivity contribution in [3.63, 3.8) is 0 Å². The normalized spacial score (nSPS) is 14.4. The fourth-order valence-corrected chi connectivity index (χ4v) is 5.45. The first-order valence-corrected chi connectivity index (χ1v) is 16.8. The molecule has 0 saturated carbocycles. The minimum absolute atomic E-state index is 0.292. The molecule has 1 fully saturated rings. The number of fused-ring (bicyclic) bond motifs is 2. The second kappa shape index (κ2) is 22.1. The highest BCUT2D eigenvalue weighted by atomic mass is 16.5. The van der Waals surface area contributed by atoms with Crippen molar-refractivity contribution in [2.45, 2.75) is 12.5 Å². The number of aliphatic hydroxyl groups is 1. The predicted octanol–water partition coefficient (Wildman–Crippen LogP) is 4.19. The van der Waals surface area contributed by atoms with E-state index in [0.29, 0.717) is 37.5 Å². The molecule has 0 bridgehead atoms. The third-order valence-electron chi connectivity index (χ3n) is 7.93. The summed E-state index contributed by atoms with van der Waals surface area (Å²) >= 11 is 0. The van der Waals surface area contributed by atoms with Crippen molar-refractivity contribution in [1.82, 2.24) is 9.80 Å². The molecule has 5 N–H and O–H groups in total. The van der Waals surface area contributed by atoms with E-state index in [2.05, 4.69) is 75.4 Å². The maximum atomic E-state index is 10.5. The molecular formula is C39H45N3O11. The van der Waals surface area contributed by atoms with Crippen LogP contribution in [0.4, 0.5) is 11.4 Å². The van der Waals surface area contributed by atoms with Gasteiger partial charge in [0.25, 0.3) is 0 Å². The largest absolute Gasteiger partial charge is 0.497 e. The van der Waals surface area contributed by atoms with Crippen molar-refractivity contribution in [2.24, 2.45) is 0 Å². The Labute approximate surface area is 307 Å². The fraction of sp³-hybridized carbons (Fsp3) is 0.282. The monoisotopic (exact) mass is 731 g/mol. The van der Waals surface area contributed by atoms with E-state index in [4.69, 9.17) is 29.9 Å². The van der Waals surface area contributed by atoms with Crippen LogP contribution in [-0.2, 0) is 19.2 Å². The van der Waals surface area contributed by atoms with Gasteiger partial charge in [-0.25, -0.2) is 19.2 Å². The molecule has 2 heterocycles. The Bertz CT molecular complexity index is 1620. The lowest BCUT2D eigenvalue weighted by atomic mass is 10.1. The van der Waals surface area contributed by atoms with Gasteiger partial charge in [0.15, 0.2) is 0 Å². The van der Waals surface area contributed by atoms with Gasteiger partial charge in [0.05, 0.1) is 7.11 Å². The van der Waals surface area contributed by atoms with E-state index in [1.54, 1.807) is 7.11 Å². The van der Waals surface area contributed by atoms with Crippen molar-refractivity contribution >= 4 is 47.4 Å². The van der Waals surface area contributed by atoms with Crippen molar-refractivity contribution in [3.05, 3.63) is 108 Å². The number of aliphatic carboxylic acids is 4. The summed E-state index contributed by atoms with van der Waals surface area (Å²) in [5, 5.41) is 41.7. The van der Waals surface area contributed by atoms with Crippen LogP contribution in [0.3, 0.4) is 0 Å². The molecule has 1 atom stereocenters. The fourth-order valence-electron chi connectivity index (χ4n) is 5.45. The van der Waals surface area contributed by atoms with E-state index in [1.807, 2.05) is 24.3 Å². The van der Waals surface area contributed by atoms with Crippen molar-refractivity contribution in [3.8, 4) is 11.5 Å². The highest BCUT2D eigenvalue weighted by Gasteiger charge is 2.21. The molecule has 1 saturated heterocycles. The lowest BCUT2D eigenvalue weighted by Gasteiger charge is -2.36. The van der Waals surface area contributed by atoms with Gasteiger partial charge in [-0.15, -0.1) is 0 Å². The second-order valence-electron chi connectivity index (χ2n) is 11.8. The molecule has 3 aromatic rings. The summed E-state index contributed by atoms with van der Waals surface area (Å²) in [5.41, 5.74) is 5.09. The zero-order valence-corrected chi connectivity index (χ0v) is 29.4. The van der Waals surface area contributed by atoms with E-state index >= 15 is 0 Å². The van der Waals surface area contributed by atoms with Gasteiger partial charge in [0.2, 0.25) is 0 Å². The number of carbonyl (C=O) groups is 4. The summed E-state index contributed by atoms with van der Waals surface area (Å²) in [6.07, 6.45) is 7.27. The van der Waals surface area contributed by atoms with Gasteiger partial charge < -0.3 is 44.8 Å². The second-order valence-corrected chi connectivity index (χ2v) is 11.8. The quantitative estimate of drug-likeness (QED) is 0.148. The van der Waals surface area contributed by atoms with Gasteiger partial charge >= 0.3 is 23.9 Å². The van der Waals surface area contributed by atoms with E-state index in [-0.39, 0.29) is 0 Å². The third kappa shape index (κ3) is 15.4. The molecular weight excluding hydrogens is 686 g/mol. The molecule has 2 aliphatic heterocycles. The number of methoxy groups -OCH3 is 1. The van der Waals surface area contributed by atoms with Crippen LogP contribution in [0.15, 0.2) is 97.1 Å². The Morgan fingerprint density at radius 2 is 1.08 bits per heavy atom. The predicted molar refractivity (Wildman–Crippen MR) is 200 cm³/mol. The number of nitrogens with zero attached hydrogens (tertiary/aromatic N) is 3. The number of para-hydroxylation sites is 2. The number of benzene rings is 3. The summed E-state index contributed by atoms with van der Waals surface area (Å²) in [7, 11) is 1.64. The average Bonchev–Trinajstić information content (AvgIpc) is 3.30. The van der Waals surface area contributed by atoms with Gasteiger partial charge in [-0.2, -0.15) is 0 Å². The number of rotatable bonds is 14. The van der Waals surface area contributed by atoms with Crippen LogP contribution in [0, 0.1) is 0 Å². The van der Waals surface area contributed by atoms with E-state index in [0.717, 1.165) is 57.2 Å². The van der Waals surface area contributed by atoms with Gasteiger partial charge in [-0.05, 0) is 60.5 Å². The third-order valence-corrected chi connectivity index (χ3v) is 7.93. The molecule has 1 unspecified atom stereocenters. The van der Waals surface area contributed by atoms with Crippen LogP contribution in [-0.4, -0.2) is 125 Å². The Balaban J connectivity index is 0.000000395. The molecule has 2 aliphatic rings. The first kappa shape index (κ1) is 41.5. The zero-order valence-electron chi connectivity index (χ0n) is 29.4. The van der Waals surface area contributed by atoms with Crippen LogP contribution in [0.2, 0.25) is 0 Å². The topological polar surface area (TPSA) is 198 Å². The van der Waals surface area contributed by atoms with Crippen LogP contribution in [0.5, 0.6) is 11.5 Å². The zero-order chi connectivity index (χ0) is 38.6. The number of anilines is 2. The summed E-state index contributed by atoms with van der Waals surface area (Å²) in [4.78, 5) is 45.6. The molecule has 14 heteroatoms. The summed E-state index contributed by atoms with van der Waals surface area (Å²) in [6, 6.07) is 24.8. The summed E-state index contributed by atoms with van der Waals surface area (Å²) < 4.78 is 10.9. The first-order chi connectivity index (χ1) is 25.4. The van der Waals surface area contributed by atoms with Crippen LogP contribution in [0.25, 0.3) is 12.2 Å². The van der Waals surface area contributed by atoms with Gasteiger partial charge in [0.1, 0.15) is 24.2 Å². The minimum atomic E-state index is -1.26. The summed E-state index contributed by atoms with van der Waals surface area (Å²) in [5.74, 6) is -3.49. The highest BCUT2D eigenvalue weighted by Crippen LogP contribution is 2.36. The number of ether oxygens (including phenoxy) is 2. The Hall–Kier alpha value is -5.96. The molecule has 3 aromatic carbocycles. The smallest absolute Gasteiger partial charge is 0.328 e. The van der Waals surface area contributed by atoms with Crippen molar-refractivity contribution in [2.75, 3.05) is 64.4 Å². The Kier molecular flexibility index (Phi) is 17.3. The van der Waals surface area contributed by atoms with Crippen LogP contribution < -0.4 is 14.4 Å². The van der Waals surface area contributed by atoms with E-state index < -0.39 is 30.0 Å². The van der Waals surface area contributed by atoms with Crippen molar-refractivity contribution < 1.29 is 54.2 Å². The van der Waals surface area contributed by atoms with E-state index in [9.17, 15) is 24.3 Å². The number of carboxylic acid groups (broad SMARTS) is 4. The molecule has 0 radical (unpaired) electrons. The van der Waals surface area contributed by atoms with Crippen LogP contribution >= 0.6 is 0 Å². The minimum Gasteiger partial charge on any atom is -0.497 e. The highest BCUT2D eigenvalue weighted by molar-refractivity contribution is 5.90. The number of hydrogen-bond acceptors (Lipinski definition) is 10. The maximum absolute atomic E-state index is 10.5. The van der Waals surface area contributed by atoms with Crippen LogP contribution in [0.1, 0.15) is 17.5 Å². The lowest BCUT2D eigenvalue weighted by molar-refractivity contribution is -0.134. The number of aliphatic hydroxyl groups excluding tert-OH is 1. The SMILES string of the molecule is COc1ccc(OCC(O)CN2CCN(CCCN3c4ccccc4C=Cc4ccccc43)CC2)cc1.O=C(O)/C=C/C(=O)O.O=C(O)/C=C/C(=O)O. The number of β-amino-alcohol motifs (C(OH)–C–C–N with tert-alkyl or cyclic N) is 1. The molecule has 0 aliphatic carbocycles. The average molecular weight is 732 g/mol. The summed E-state index contributed by atoms with van der Waals surface area (Å²) in [6.45, 7) is 6.99. The van der Waals surface area contributed by atoms with Crippen molar-refractivity contribution in [1.29, 1.82) is 0 Å². The molecule has 0 spiro atoms. The molecule has 14 nitrogen and oxygen atoms in total. The molecule has 0 aromatic heterocycles. The molecule has 0 amide bonds.